The van der Waals surface area contributed by atoms with Gasteiger partial charge in [0, 0.05) is 5.56 Å². The topological polar surface area (TPSA) is 9.23 Å². The molecule has 25 heavy (non-hydrogen) atoms. The van der Waals surface area contributed by atoms with Crippen molar-refractivity contribution in [3.63, 3.8) is 0 Å². The molecule has 2 atom stereocenters. The molecule has 0 bridgehead atoms. The number of alkyl halides is 4. The van der Waals surface area contributed by atoms with Crippen molar-refractivity contribution in [1.29, 1.82) is 0 Å². The van der Waals surface area contributed by atoms with Gasteiger partial charge in [-0.15, -0.1) is 0 Å². The largest absolute Gasteiger partial charge is 0.449 e. The molecule has 0 saturated carbocycles. The van der Waals surface area contributed by atoms with Crippen LogP contribution in [0.15, 0.2) is 60.4 Å². The van der Waals surface area contributed by atoms with E-state index in [2.05, 4.69) is 4.74 Å². The van der Waals surface area contributed by atoms with Gasteiger partial charge in [-0.05, 0) is 24.1 Å². The molecular formula is C18H16F6O. The van der Waals surface area contributed by atoms with Crippen LogP contribution in [-0.4, -0.2) is 12.3 Å². The summed E-state index contributed by atoms with van der Waals surface area (Å²) in [4.78, 5) is 0. The number of rotatable bonds is 5. The minimum absolute atomic E-state index is 0.0746. The molecule has 1 aliphatic rings. The number of hydrogen-bond acceptors (Lipinski definition) is 1. The van der Waals surface area contributed by atoms with E-state index in [-0.39, 0.29) is 5.56 Å². The van der Waals surface area contributed by atoms with Gasteiger partial charge >= 0.3 is 12.2 Å². The molecule has 7 heteroatoms. The zero-order valence-electron chi connectivity index (χ0n) is 13.3. The Hall–Kier alpha value is -2.18. The van der Waals surface area contributed by atoms with Crippen LogP contribution in [0.25, 0.3) is 0 Å². The maximum Gasteiger partial charge on any atom is 0.449 e. The molecule has 1 aromatic carbocycles. The summed E-state index contributed by atoms with van der Waals surface area (Å²) in [5.41, 5.74) is -1.22. The predicted octanol–water partition coefficient (Wildman–Crippen LogP) is 5.99. The van der Waals surface area contributed by atoms with Crippen LogP contribution >= 0.6 is 0 Å². The van der Waals surface area contributed by atoms with Crippen LogP contribution in [-0.2, 0) is 16.8 Å². The zero-order chi connectivity index (χ0) is 18.7. The first-order chi connectivity index (χ1) is 11.7. The molecule has 0 aromatic heterocycles. The molecule has 1 nitrogen and oxygen atoms in total. The Morgan fingerprint density at radius 1 is 1.12 bits per heavy atom. The fourth-order valence-electron chi connectivity index (χ4n) is 2.52. The Labute approximate surface area is 141 Å². The summed E-state index contributed by atoms with van der Waals surface area (Å²) < 4.78 is 82.9. The molecule has 0 amide bonds. The molecule has 0 radical (unpaired) electrons. The van der Waals surface area contributed by atoms with Crippen LogP contribution in [0.2, 0.25) is 0 Å². The van der Waals surface area contributed by atoms with Crippen molar-refractivity contribution in [2.75, 3.05) is 0 Å². The standard InChI is InChI=1S/C18H16F6O/c1-2-5-12-7-9-13(10-8-12)17(11-4-3-6-14(17)19)25-16(21)15(20)18(22,23)24/h3-4,6-11,14H,2,5H2,1H3. The average Bonchev–Trinajstić information content (AvgIpc) is 2.56. The van der Waals surface area contributed by atoms with E-state index < -0.39 is 29.8 Å². The van der Waals surface area contributed by atoms with E-state index in [0.717, 1.165) is 30.6 Å². The van der Waals surface area contributed by atoms with Crippen molar-refractivity contribution < 1.29 is 31.1 Å². The predicted molar refractivity (Wildman–Crippen MR) is 81.7 cm³/mol. The monoisotopic (exact) mass is 362 g/mol. The van der Waals surface area contributed by atoms with Crippen LogP contribution in [0, 0.1) is 0 Å². The number of halogens is 6. The van der Waals surface area contributed by atoms with E-state index >= 15 is 0 Å². The molecular weight excluding hydrogens is 346 g/mol. The third-order valence-electron chi connectivity index (χ3n) is 3.77. The summed E-state index contributed by atoms with van der Waals surface area (Å²) in [6.07, 6.45) is -1.27. The van der Waals surface area contributed by atoms with Gasteiger partial charge in [-0.25, -0.2) is 4.39 Å². The average molecular weight is 362 g/mol. The van der Waals surface area contributed by atoms with E-state index in [4.69, 9.17) is 0 Å². The van der Waals surface area contributed by atoms with Crippen molar-refractivity contribution in [2.45, 2.75) is 37.7 Å². The van der Waals surface area contributed by atoms with E-state index in [0.29, 0.717) is 0 Å². The SMILES string of the molecule is CCCc1ccc(C2(OC(F)=C(F)C(F)(F)F)C=CC=CC2F)cc1. The van der Waals surface area contributed by atoms with Crippen molar-refractivity contribution in [3.05, 3.63) is 71.5 Å². The number of ether oxygens (including phenoxy) is 1. The van der Waals surface area contributed by atoms with E-state index in [1.807, 2.05) is 6.92 Å². The second-order valence-corrected chi connectivity index (χ2v) is 5.57. The Bertz CT molecular complexity index is 687. The molecule has 0 saturated heterocycles. The summed E-state index contributed by atoms with van der Waals surface area (Å²) in [6, 6.07) is 3.64. The first-order valence-electron chi connectivity index (χ1n) is 7.61. The minimum atomic E-state index is -5.56. The lowest BCUT2D eigenvalue weighted by atomic mass is 9.85. The summed E-state index contributed by atoms with van der Waals surface area (Å²) in [6.45, 7) is 1.96. The van der Waals surface area contributed by atoms with Gasteiger partial charge in [0.25, 0.3) is 5.83 Å². The van der Waals surface area contributed by atoms with Gasteiger partial charge in [-0.1, -0.05) is 49.8 Å². The maximum atomic E-state index is 14.5. The summed E-state index contributed by atoms with van der Waals surface area (Å²) in [5.74, 6) is -3.04. The van der Waals surface area contributed by atoms with Crippen LogP contribution in [0.3, 0.4) is 0 Å². The second kappa shape index (κ2) is 7.37. The van der Waals surface area contributed by atoms with Gasteiger partial charge in [0.2, 0.25) is 0 Å². The highest BCUT2D eigenvalue weighted by Crippen LogP contribution is 2.41. The maximum absolute atomic E-state index is 14.5. The van der Waals surface area contributed by atoms with Gasteiger partial charge in [-0.2, -0.15) is 22.0 Å². The normalized spacial score (nSPS) is 24.2. The number of aryl methyl sites for hydroxylation is 1. The third kappa shape index (κ3) is 4.08. The molecule has 2 rings (SSSR count). The van der Waals surface area contributed by atoms with E-state index in [1.165, 1.54) is 24.3 Å². The van der Waals surface area contributed by atoms with Gasteiger partial charge < -0.3 is 4.74 Å². The van der Waals surface area contributed by atoms with Crippen molar-refractivity contribution >= 4 is 0 Å². The molecule has 136 valence electrons. The first kappa shape index (κ1) is 19.1. The molecule has 0 N–H and O–H groups in total. The molecule has 0 fully saturated rings. The summed E-state index contributed by atoms with van der Waals surface area (Å²) in [7, 11) is 0. The Balaban J connectivity index is 2.46. The molecule has 2 unspecified atom stereocenters. The second-order valence-electron chi connectivity index (χ2n) is 5.57. The van der Waals surface area contributed by atoms with E-state index in [1.54, 1.807) is 12.1 Å². The molecule has 1 aliphatic carbocycles. The summed E-state index contributed by atoms with van der Waals surface area (Å²) in [5, 5.41) is 0. The van der Waals surface area contributed by atoms with Crippen molar-refractivity contribution in [3.8, 4) is 0 Å². The van der Waals surface area contributed by atoms with Crippen LogP contribution < -0.4 is 0 Å². The Kier molecular flexibility index (Phi) is 5.65. The van der Waals surface area contributed by atoms with Crippen molar-refractivity contribution in [1.82, 2.24) is 0 Å². The third-order valence-corrected chi connectivity index (χ3v) is 3.77. The van der Waals surface area contributed by atoms with Crippen LogP contribution in [0.5, 0.6) is 0 Å². The molecule has 0 aliphatic heterocycles. The summed E-state index contributed by atoms with van der Waals surface area (Å²) >= 11 is 0. The lowest BCUT2D eigenvalue weighted by Gasteiger charge is -2.34. The van der Waals surface area contributed by atoms with Crippen molar-refractivity contribution in [2.24, 2.45) is 0 Å². The highest BCUT2D eigenvalue weighted by Gasteiger charge is 2.46. The fourth-order valence-corrected chi connectivity index (χ4v) is 2.52. The van der Waals surface area contributed by atoms with Gasteiger partial charge in [0.15, 0.2) is 11.8 Å². The minimum Gasteiger partial charge on any atom is -0.449 e. The Morgan fingerprint density at radius 2 is 1.76 bits per heavy atom. The first-order valence-corrected chi connectivity index (χ1v) is 7.61. The number of allylic oxidation sites excluding steroid dienone is 3. The molecule has 0 heterocycles. The fraction of sp³-hybridized carbons (Fsp3) is 0.333. The molecule has 1 aromatic rings. The smallest absolute Gasteiger partial charge is 0.449 e. The van der Waals surface area contributed by atoms with Gasteiger partial charge in [-0.3, -0.25) is 0 Å². The lowest BCUT2D eigenvalue weighted by molar-refractivity contribution is -0.124. The van der Waals surface area contributed by atoms with Gasteiger partial charge in [0.1, 0.15) is 0 Å². The quantitative estimate of drug-likeness (QED) is 0.462. The highest BCUT2D eigenvalue weighted by molar-refractivity contribution is 5.38. The Morgan fingerprint density at radius 3 is 2.28 bits per heavy atom. The van der Waals surface area contributed by atoms with E-state index in [9.17, 15) is 26.3 Å². The van der Waals surface area contributed by atoms with Crippen LogP contribution in [0.4, 0.5) is 26.3 Å². The lowest BCUT2D eigenvalue weighted by Crippen LogP contribution is -2.38. The number of hydrogen-bond donors (Lipinski definition) is 0. The molecule has 0 spiro atoms. The number of benzene rings is 1. The van der Waals surface area contributed by atoms with Gasteiger partial charge in [0.05, 0.1) is 0 Å². The highest BCUT2D eigenvalue weighted by atomic mass is 19.4. The van der Waals surface area contributed by atoms with Crippen LogP contribution in [0.1, 0.15) is 24.5 Å². The zero-order valence-corrected chi connectivity index (χ0v) is 13.3.